The topological polar surface area (TPSA) is 93.7 Å². The van der Waals surface area contributed by atoms with Crippen LogP contribution in [0, 0.1) is 17.8 Å². The fraction of sp³-hybridized carbons (Fsp3) is 0.526. The predicted octanol–water partition coefficient (Wildman–Crippen LogP) is 6.06. The zero-order chi connectivity index (χ0) is 35.3. The number of halogens is 3. The minimum absolute atomic E-state index is 0.0355. The van der Waals surface area contributed by atoms with Crippen LogP contribution < -0.4 is 14.5 Å². The van der Waals surface area contributed by atoms with Gasteiger partial charge in [0.15, 0.2) is 12.4 Å². The average molecular weight is 701 g/mol. The van der Waals surface area contributed by atoms with E-state index >= 15 is 0 Å². The van der Waals surface area contributed by atoms with Gasteiger partial charge in [0.05, 0.1) is 11.7 Å². The summed E-state index contributed by atoms with van der Waals surface area (Å²) in [5, 5.41) is 8.90. The Kier molecular flexibility index (Phi) is 7.37. The summed E-state index contributed by atoms with van der Waals surface area (Å²) in [7, 11) is 2.13. The number of nitrogens with zero attached hydrogens (tertiary/aromatic N) is 7. The molecule has 0 radical (unpaired) electrons. The number of benzene rings is 2. The summed E-state index contributed by atoms with van der Waals surface area (Å²) in [6.45, 7) is 10.7. The van der Waals surface area contributed by atoms with E-state index in [4.69, 9.17) is 14.7 Å². The van der Waals surface area contributed by atoms with Gasteiger partial charge in [-0.15, -0.1) is 0 Å². The standard InChI is InChI=1S/C38H43F3N8O2/c1-4-29(50)49-19-36(20-49)9-12-47(13-10-36)34-26-15-25(24-6-7-24)31(30-23(2)5-8-28-27(30)16-42-45-28)33(51-22-38(39,40)41)32(26)43-35(44-34)48-14-11-37(21-48)17-46(3)18-37/h4-5,8,15-16,24H,1,6-7,9-14,17-22H2,2-3H3,(H,42,45). The molecule has 4 saturated heterocycles. The molecule has 268 valence electrons. The van der Waals surface area contributed by atoms with E-state index in [1.165, 1.54) is 6.08 Å². The van der Waals surface area contributed by atoms with E-state index in [9.17, 15) is 18.0 Å². The third-order valence-electron chi connectivity index (χ3n) is 12.0. The first kappa shape index (κ1) is 32.5. The Balaban J connectivity index is 1.21. The molecule has 51 heavy (non-hydrogen) atoms. The van der Waals surface area contributed by atoms with Gasteiger partial charge in [0.25, 0.3) is 0 Å². The number of hydrogen-bond acceptors (Lipinski definition) is 8. The maximum atomic E-state index is 14.1. The molecule has 1 aliphatic carbocycles. The van der Waals surface area contributed by atoms with Crippen LogP contribution in [0.15, 0.2) is 37.1 Å². The number of likely N-dealkylation sites (tertiary alicyclic amines) is 2. The van der Waals surface area contributed by atoms with Gasteiger partial charge in [-0.25, -0.2) is 4.98 Å². The monoisotopic (exact) mass is 700 g/mol. The van der Waals surface area contributed by atoms with Crippen molar-refractivity contribution in [3.8, 4) is 16.9 Å². The fourth-order valence-corrected chi connectivity index (χ4v) is 9.36. The second-order valence-corrected chi connectivity index (χ2v) is 15.9. The molecule has 2 aromatic carbocycles. The van der Waals surface area contributed by atoms with E-state index in [0.717, 1.165) is 123 Å². The number of anilines is 2. The number of rotatable bonds is 7. The number of H-pyrrole nitrogens is 1. The number of ether oxygens (including phenoxy) is 1. The summed E-state index contributed by atoms with van der Waals surface area (Å²) in [4.78, 5) is 31.3. The van der Waals surface area contributed by atoms with Gasteiger partial charge in [-0.3, -0.25) is 9.89 Å². The number of carbonyl (C=O) groups is 1. The van der Waals surface area contributed by atoms with Crippen LogP contribution >= 0.6 is 0 Å². The first-order chi connectivity index (χ1) is 24.4. The molecule has 5 aliphatic rings. The van der Waals surface area contributed by atoms with Crippen LogP contribution in [0.3, 0.4) is 0 Å². The molecule has 0 bridgehead atoms. The van der Waals surface area contributed by atoms with Crippen molar-refractivity contribution < 1.29 is 22.7 Å². The number of hydrogen-bond donors (Lipinski definition) is 1. The first-order valence-electron chi connectivity index (χ1n) is 18.0. The van der Waals surface area contributed by atoms with Crippen LogP contribution in [0.25, 0.3) is 32.9 Å². The zero-order valence-electron chi connectivity index (χ0n) is 29.2. The second-order valence-electron chi connectivity index (χ2n) is 15.9. The van der Waals surface area contributed by atoms with Crippen molar-refractivity contribution in [2.45, 2.75) is 51.1 Å². The maximum Gasteiger partial charge on any atom is 0.422 e. The molecule has 4 aliphatic heterocycles. The molecule has 1 amide bonds. The molecule has 6 heterocycles. The highest BCUT2D eigenvalue weighted by Crippen LogP contribution is 2.54. The number of aromatic nitrogens is 4. The molecule has 5 fully saturated rings. The van der Waals surface area contributed by atoms with Crippen molar-refractivity contribution in [1.82, 2.24) is 30.0 Å². The minimum atomic E-state index is -4.54. The van der Waals surface area contributed by atoms with Crippen molar-refractivity contribution in [3.63, 3.8) is 0 Å². The number of piperidine rings is 1. The van der Waals surface area contributed by atoms with Crippen molar-refractivity contribution >= 4 is 39.5 Å². The van der Waals surface area contributed by atoms with E-state index in [2.05, 4.69) is 44.6 Å². The van der Waals surface area contributed by atoms with E-state index in [-0.39, 0.29) is 28.4 Å². The number of carbonyl (C=O) groups excluding carboxylic acids is 1. The fourth-order valence-electron chi connectivity index (χ4n) is 9.36. The third-order valence-corrected chi connectivity index (χ3v) is 12.0. The number of amides is 1. The molecule has 2 spiro atoms. The maximum absolute atomic E-state index is 14.1. The lowest BCUT2D eigenvalue weighted by Gasteiger charge is -2.54. The van der Waals surface area contributed by atoms with Gasteiger partial charge in [0.2, 0.25) is 11.9 Å². The summed E-state index contributed by atoms with van der Waals surface area (Å²) >= 11 is 0. The lowest BCUT2D eigenvalue weighted by molar-refractivity contribution is -0.153. The van der Waals surface area contributed by atoms with Crippen LogP contribution in [-0.4, -0.2) is 108 Å². The molecule has 10 nitrogen and oxygen atoms in total. The first-order valence-corrected chi connectivity index (χ1v) is 18.0. The smallest absolute Gasteiger partial charge is 0.422 e. The molecule has 0 atom stereocenters. The Morgan fingerprint density at radius 2 is 1.73 bits per heavy atom. The summed E-state index contributed by atoms with van der Waals surface area (Å²) in [5.74, 6) is 1.60. The minimum Gasteiger partial charge on any atom is -0.481 e. The summed E-state index contributed by atoms with van der Waals surface area (Å²) in [6, 6.07) is 6.07. The van der Waals surface area contributed by atoms with Gasteiger partial charge in [0.1, 0.15) is 11.3 Å². The predicted molar refractivity (Wildman–Crippen MR) is 190 cm³/mol. The summed E-state index contributed by atoms with van der Waals surface area (Å²) < 4.78 is 48.2. The quantitative estimate of drug-likeness (QED) is 0.233. The van der Waals surface area contributed by atoms with E-state index in [1.807, 2.05) is 24.0 Å². The highest BCUT2D eigenvalue weighted by atomic mass is 19.4. The van der Waals surface area contributed by atoms with Gasteiger partial charge < -0.3 is 24.3 Å². The SMILES string of the molecule is C=CC(=O)N1CC2(CCN(c3nc(N4CCC5(CN(C)C5)C4)nc4c(OCC(F)(F)F)c(-c5c(C)ccc6[nH]ncc56)c(C5CC5)cc34)CC2)C1. The van der Waals surface area contributed by atoms with Gasteiger partial charge in [-0.05, 0) is 86.9 Å². The summed E-state index contributed by atoms with van der Waals surface area (Å²) in [6.07, 6.45) is 3.27. The van der Waals surface area contributed by atoms with Crippen LogP contribution in [0.2, 0.25) is 0 Å². The number of nitrogens with one attached hydrogen (secondary N) is 1. The van der Waals surface area contributed by atoms with Crippen LogP contribution in [-0.2, 0) is 4.79 Å². The number of alkyl halides is 3. The Hall–Kier alpha value is -4.39. The van der Waals surface area contributed by atoms with Crippen molar-refractivity contribution in [2.24, 2.45) is 10.8 Å². The molecule has 4 aromatic rings. The Morgan fingerprint density at radius 1 is 1.00 bits per heavy atom. The van der Waals surface area contributed by atoms with Crippen molar-refractivity contribution in [1.29, 1.82) is 0 Å². The molecule has 0 unspecified atom stereocenters. The molecule has 2 aromatic heterocycles. The Bertz CT molecular complexity index is 2050. The molecular weight excluding hydrogens is 657 g/mol. The zero-order valence-corrected chi connectivity index (χ0v) is 29.2. The average Bonchev–Trinajstić information content (AvgIpc) is 3.65. The third kappa shape index (κ3) is 5.59. The second kappa shape index (κ2) is 11.6. The van der Waals surface area contributed by atoms with Gasteiger partial charge in [-0.1, -0.05) is 12.6 Å². The van der Waals surface area contributed by atoms with Gasteiger partial charge in [-0.2, -0.15) is 23.3 Å². The molecule has 13 heteroatoms. The van der Waals surface area contributed by atoms with Gasteiger partial charge in [0, 0.05) is 79.5 Å². The lowest BCUT2D eigenvalue weighted by Crippen LogP contribution is -2.61. The summed E-state index contributed by atoms with van der Waals surface area (Å²) in [5.41, 5.74) is 4.85. The normalized spacial score (nSPS) is 21.5. The van der Waals surface area contributed by atoms with E-state index in [1.54, 1.807) is 6.20 Å². The van der Waals surface area contributed by atoms with Crippen LogP contribution in [0.1, 0.15) is 49.1 Å². The van der Waals surface area contributed by atoms with Gasteiger partial charge >= 0.3 is 6.18 Å². The van der Waals surface area contributed by atoms with E-state index < -0.39 is 12.8 Å². The van der Waals surface area contributed by atoms with Crippen LogP contribution in [0.4, 0.5) is 24.9 Å². The van der Waals surface area contributed by atoms with Crippen molar-refractivity contribution in [2.75, 3.05) is 75.8 Å². The Labute approximate surface area is 294 Å². The highest BCUT2D eigenvalue weighted by molar-refractivity contribution is 6.06. The molecular formula is C38H43F3N8O2. The lowest BCUT2D eigenvalue weighted by atomic mass is 9.72. The van der Waals surface area contributed by atoms with Crippen LogP contribution in [0.5, 0.6) is 5.75 Å². The largest absolute Gasteiger partial charge is 0.481 e. The highest BCUT2D eigenvalue weighted by Gasteiger charge is 2.48. The number of aryl methyl sites for hydroxylation is 1. The van der Waals surface area contributed by atoms with E-state index in [0.29, 0.717) is 17.0 Å². The number of aromatic amines is 1. The molecule has 1 saturated carbocycles. The Morgan fingerprint density at radius 3 is 2.41 bits per heavy atom. The number of fused-ring (bicyclic) bond motifs is 2. The van der Waals surface area contributed by atoms with Crippen molar-refractivity contribution in [3.05, 3.63) is 48.2 Å². The molecule has 1 N–H and O–H groups in total. The molecule has 9 rings (SSSR count).